The van der Waals surface area contributed by atoms with Crippen molar-refractivity contribution in [2.24, 2.45) is 4.99 Å². The van der Waals surface area contributed by atoms with Gasteiger partial charge in [0.2, 0.25) is 6.08 Å². The van der Waals surface area contributed by atoms with Gasteiger partial charge in [0, 0.05) is 6.54 Å². The van der Waals surface area contributed by atoms with Crippen molar-refractivity contribution in [2.75, 3.05) is 26.2 Å². The number of benzene rings is 1. The van der Waals surface area contributed by atoms with Crippen molar-refractivity contribution >= 4 is 11.8 Å². The molecule has 0 bridgehead atoms. The van der Waals surface area contributed by atoms with Crippen LogP contribution in [0.4, 0.5) is 5.69 Å². The summed E-state index contributed by atoms with van der Waals surface area (Å²) in [5.74, 6) is 0.651. The van der Waals surface area contributed by atoms with Crippen molar-refractivity contribution in [3.05, 3.63) is 24.3 Å². The molecule has 1 aliphatic heterocycles. The molecule has 0 unspecified atom stereocenters. The first-order valence-corrected chi connectivity index (χ1v) is 6.42. The first kappa shape index (κ1) is 12.8. The molecule has 4 nitrogen and oxygen atoms in total. The quantitative estimate of drug-likeness (QED) is 0.592. The third-order valence-corrected chi connectivity index (χ3v) is 3.15. The summed E-state index contributed by atoms with van der Waals surface area (Å²) in [5, 5.41) is 0. The van der Waals surface area contributed by atoms with E-state index >= 15 is 0 Å². The largest absolute Gasteiger partial charge is 0.490 e. The van der Waals surface area contributed by atoms with E-state index in [0.717, 1.165) is 19.6 Å². The second-order valence-electron chi connectivity index (χ2n) is 4.42. The van der Waals surface area contributed by atoms with Crippen LogP contribution in [0.5, 0.6) is 5.75 Å². The molecule has 0 saturated carbocycles. The number of hydrogen-bond donors (Lipinski definition) is 0. The van der Waals surface area contributed by atoms with Gasteiger partial charge in [-0.1, -0.05) is 18.6 Å². The Hall–Kier alpha value is -1.64. The van der Waals surface area contributed by atoms with E-state index in [-0.39, 0.29) is 0 Å². The van der Waals surface area contributed by atoms with Gasteiger partial charge in [0.1, 0.15) is 18.0 Å². The Labute approximate surface area is 107 Å². The number of likely N-dealkylation sites (tertiary alicyclic amines) is 1. The Bertz CT molecular complexity index is 422. The lowest BCUT2D eigenvalue weighted by Crippen LogP contribution is -2.33. The molecule has 0 spiro atoms. The number of hydrogen-bond acceptors (Lipinski definition) is 4. The molecule has 4 heteroatoms. The average Bonchev–Trinajstić information content (AvgIpc) is 2.42. The highest BCUT2D eigenvalue weighted by Gasteiger charge is 2.10. The van der Waals surface area contributed by atoms with Crippen LogP contribution in [0.15, 0.2) is 29.3 Å². The molecule has 18 heavy (non-hydrogen) atoms. The van der Waals surface area contributed by atoms with Crippen LogP contribution in [0.3, 0.4) is 0 Å². The Morgan fingerprint density at radius 3 is 2.78 bits per heavy atom. The van der Waals surface area contributed by atoms with Crippen LogP contribution in [-0.2, 0) is 4.79 Å². The number of aliphatic imine (C=N–C) groups is 1. The lowest BCUT2D eigenvalue weighted by Gasteiger charge is -2.26. The molecule has 0 aromatic heterocycles. The van der Waals surface area contributed by atoms with E-state index in [1.54, 1.807) is 12.1 Å². The van der Waals surface area contributed by atoms with Crippen molar-refractivity contribution in [2.45, 2.75) is 19.3 Å². The van der Waals surface area contributed by atoms with Crippen molar-refractivity contribution in [3.8, 4) is 5.75 Å². The van der Waals surface area contributed by atoms with Crippen LogP contribution in [0.2, 0.25) is 0 Å². The predicted molar refractivity (Wildman–Crippen MR) is 70.0 cm³/mol. The second-order valence-corrected chi connectivity index (χ2v) is 4.42. The smallest absolute Gasteiger partial charge is 0.240 e. The van der Waals surface area contributed by atoms with Gasteiger partial charge in [-0.3, -0.25) is 4.90 Å². The zero-order valence-electron chi connectivity index (χ0n) is 10.5. The number of isocyanates is 1. The number of nitrogens with zero attached hydrogens (tertiary/aromatic N) is 2. The Kier molecular flexibility index (Phi) is 4.94. The Morgan fingerprint density at radius 1 is 1.22 bits per heavy atom. The third-order valence-electron chi connectivity index (χ3n) is 3.15. The van der Waals surface area contributed by atoms with Crippen molar-refractivity contribution in [3.63, 3.8) is 0 Å². The summed E-state index contributed by atoms with van der Waals surface area (Å²) in [6.45, 7) is 3.89. The number of carbonyl (C=O) groups excluding carboxylic acids is 1. The predicted octanol–water partition coefficient (Wildman–Crippen LogP) is 2.52. The molecule has 0 N–H and O–H groups in total. The van der Waals surface area contributed by atoms with E-state index < -0.39 is 0 Å². The van der Waals surface area contributed by atoms with Crippen LogP contribution >= 0.6 is 0 Å². The van der Waals surface area contributed by atoms with Crippen LogP contribution < -0.4 is 4.74 Å². The molecular weight excluding hydrogens is 228 g/mol. The highest BCUT2D eigenvalue weighted by atomic mass is 16.5. The van der Waals surface area contributed by atoms with E-state index in [2.05, 4.69) is 9.89 Å². The summed E-state index contributed by atoms with van der Waals surface area (Å²) < 4.78 is 5.68. The molecular formula is C14H18N2O2. The standard InChI is InChI=1S/C14H18N2O2/c17-12-15-13-6-2-3-7-14(13)18-11-10-16-8-4-1-5-9-16/h2-3,6-7H,1,4-5,8-11H2. The fourth-order valence-electron chi connectivity index (χ4n) is 2.19. The average molecular weight is 246 g/mol. The highest BCUT2D eigenvalue weighted by molar-refractivity contribution is 5.57. The maximum absolute atomic E-state index is 10.3. The van der Waals surface area contributed by atoms with Gasteiger partial charge in [0.25, 0.3) is 0 Å². The number of ether oxygens (including phenoxy) is 1. The molecule has 1 fully saturated rings. The maximum atomic E-state index is 10.3. The van der Waals surface area contributed by atoms with Gasteiger partial charge < -0.3 is 4.74 Å². The zero-order chi connectivity index (χ0) is 12.6. The topological polar surface area (TPSA) is 41.9 Å². The van der Waals surface area contributed by atoms with Gasteiger partial charge in [0.15, 0.2) is 0 Å². The number of piperidine rings is 1. The zero-order valence-corrected chi connectivity index (χ0v) is 10.5. The van der Waals surface area contributed by atoms with E-state index in [4.69, 9.17) is 4.74 Å². The Morgan fingerprint density at radius 2 is 2.00 bits per heavy atom. The molecule has 0 aliphatic carbocycles. The summed E-state index contributed by atoms with van der Waals surface area (Å²) in [6.07, 6.45) is 5.46. The summed E-state index contributed by atoms with van der Waals surface area (Å²) >= 11 is 0. The van der Waals surface area contributed by atoms with Crippen molar-refractivity contribution in [1.29, 1.82) is 0 Å². The third kappa shape index (κ3) is 3.69. The molecule has 1 aliphatic rings. The summed E-state index contributed by atoms with van der Waals surface area (Å²) in [6, 6.07) is 7.28. The minimum atomic E-state index is 0.547. The lowest BCUT2D eigenvalue weighted by atomic mass is 10.1. The lowest BCUT2D eigenvalue weighted by molar-refractivity contribution is 0.183. The Balaban J connectivity index is 1.84. The number of rotatable bonds is 5. The van der Waals surface area contributed by atoms with E-state index in [1.807, 2.05) is 18.2 Å². The van der Waals surface area contributed by atoms with Gasteiger partial charge in [-0.05, 0) is 38.1 Å². The molecule has 0 amide bonds. The molecule has 1 aromatic carbocycles. The summed E-state index contributed by atoms with van der Waals surface area (Å²) in [4.78, 5) is 16.3. The maximum Gasteiger partial charge on any atom is 0.240 e. The minimum absolute atomic E-state index is 0.547. The number of para-hydroxylation sites is 2. The van der Waals surface area contributed by atoms with Gasteiger partial charge in [-0.15, -0.1) is 0 Å². The first-order valence-electron chi connectivity index (χ1n) is 6.42. The molecule has 2 rings (SSSR count). The molecule has 1 heterocycles. The SMILES string of the molecule is O=C=Nc1ccccc1OCCN1CCCCC1. The van der Waals surface area contributed by atoms with Gasteiger partial charge in [-0.2, -0.15) is 4.99 Å². The summed E-state index contributed by atoms with van der Waals surface area (Å²) in [5.41, 5.74) is 0.547. The fourth-order valence-corrected chi connectivity index (χ4v) is 2.19. The highest BCUT2D eigenvalue weighted by Crippen LogP contribution is 2.26. The van der Waals surface area contributed by atoms with Gasteiger partial charge in [0.05, 0.1) is 0 Å². The van der Waals surface area contributed by atoms with Gasteiger partial charge >= 0.3 is 0 Å². The van der Waals surface area contributed by atoms with E-state index in [0.29, 0.717) is 18.0 Å². The first-order chi connectivity index (χ1) is 8.90. The molecule has 96 valence electrons. The monoisotopic (exact) mass is 246 g/mol. The normalized spacial score (nSPS) is 16.0. The van der Waals surface area contributed by atoms with E-state index in [9.17, 15) is 4.79 Å². The molecule has 0 atom stereocenters. The molecule has 1 aromatic rings. The van der Waals surface area contributed by atoms with Crippen LogP contribution in [-0.4, -0.2) is 37.2 Å². The van der Waals surface area contributed by atoms with Crippen LogP contribution in [0, 0.1) is 0 Å². The molecule has 0 radical (unpaired) electrons. The van der Waals surface area contributed by atoms with Crippen molar-refractivity contribution in [1.82, 2.24) is 4.90 Å². The van der Waals surface area contributed by atoms with Crippen LogP contribution in [0.25, 0.3) is 0 Å². The van der Waals surface area contributed by atoms with Gasteiger partial charge in [-0.25, -0.2) is 4.79 Å². The molecule has 1 saturated heterocycles. The summed E-state index contributed by atoms with van der Waals surface area (Å²) in [7, 11) is 0. The van der Waals surface area contributed by atoms with Crippen LogP contribution in [0.1, 0.15) is 19.3 Å². The minimum Gasteiger partial charge on any atom is -0.490 e. The second kappa shape index (κ2) is 6.94. The fraction of sp³-hybridized carbons (Fsp3) is 0.500. The van der Waals surface area contributed by atoms with Crippen molar-refractivity contribution < 1.29 is 9.53 Å². The van der Waals surface area contributed by atoms with E-state index in [1.165, 1.54) is 19.3 Å².